The van der Waals surface area contributed by atoms with Crippen LogP contribution in [-0.2, 0) is 13.6 Å². The SMILES string of the molecule is Cn1nc(-c2cccnc2)cc1CNC(=O)Nc1ccccc1Cl. The van der Waals surface area contributed by atoms with Gasteiger partial charge in [-0.05, 0) is 30.3 Å². The van der Waals surface area contributed by atoms with Crippen molar-refractivity contribution >= 4 is 23.3 Å². The third-order valence-corrected chi connectivity index (χ3v) is 3.82. The van der Waals surface area contributed by atoms with Gasteiger partial charge in [0.15, 0.2) is 0 Å². The van der Waals surface area contributed by atoms with Gasteiger partial charge in [-0.3, -0.25) is 9.67 Å². The molecule has 0 fully saturated rings. The molecule has 0 atom stereocenters. The number of carbonyl (C=O) groups is 1. The van der Waals surface area contributed by atoms with Crippen LogP contribution in [0.3, 0.4) is 0 Å². The molecule has 122 valence electrons. The molecule has 3 aromatic rings. The highest BCUT2D eigenvalue weighted by molar-refractivity contribution is 6.33. The third kappa shape index (κ3) is 3.72. The highest BCUT2D eigenvalue weighted by atomic mass is 35.5. The Balaban J connectivity index is 1.64. The number of amides is 2. The number of rotatable bonds is 4. The van der Waals surface area contributed by atoms with Crippen molar-refractivity contribution in [2.45, 2.75) is 6.54 Å². The van der Waals surface area contributed by atoms with Gasteiger partial charge in [-0.25, -0.2) is 4.79 Å². The quantitative estimate of drug-likeness (QED) is 0.763. The number of urea groups is 1. The van der Waals surface area contributed by atoms with Crippen LogP contribution in [0.15, 0.2) is 54.9 Å². The maximum atomic E-state index is 12.0. The van der Waals surface area contributed by atoms with Gasteiger partial charge in [-0.1, -0.05) is 23.7 Å². The molecule has 0 bridgehead atoms. The second-order valence-electron chi connectivity index (χ2n) is 5.17. The van der Waals surface area contributed by atoms with Crippen LogP contribution in [0.25, 0.3) is 11.3 Å². The molecule has 0 spiro atoms. The van der Waals surface area contributed by atoms with Crippen molar-refractivity contribution in [2.75, 3.05) is 5.32 Å². The second kappa shape index (κ2) is 7.14. The molecule has 0 unspecified atom stereocenters. The number of anilines is 1. The molecule has 7 heteroatoms. The minimum absolute atomic E-state index is 0.327. The Morgan fingerprint density at radius 1 is 1.25 bits per heavy atom. The molecule has 2 heterocycles. The number of carbonyl (C=O) groups excluding carboxylic acids is 1. The van der Waals surface area contributed by atoms with E-state index < -0.39 is 0 Å². The maximum absolute atomic E-state index is 12.0. The topological polar surface area (TPSA) is 71.8 Å². The zero-order valence-corrected chi connectivity index (χ0v) is 13.8. The van der Waals surface area contributed by atoms with Gasteiger partial charge in [0.1, 0.15) is 0 Å². The lowest BCUT2D eigenvalue weighted by Gasteiger charge is -2.08. The standard InChI is InChI=1S/C17H16ClN5O/c1-23-13(9-16(22-23)12-5-4-8-19-10-12)11-20-17(24)21-15-7-3-2-6-14(15)18/h2-10H,11H2,1H3,(H2,20,21,24). The molecule has 2 amide bonds. The molecule has 2 aromatic heterocycles. The van der Waals surface area contributed by atoms with Crippen molar-refractivity contribution in [2.24, 2.45) is 7.05 Å². The molecule has 2 N–H and O–H groups in total. The van der Waals surface area contributed by atoms with Crippen LogP contribution in [0, 0.1) is 0 Å². The van der Waals surface area contributed by atoms with Crippen molar-refractivity contribution < 1.29 is 4.79 Å². The van der Waals surface area contributed by atoms with Crippen molar-refractivity contribution in [1.29, 1.82) is 0 Å². The minimum Gasteiger partial charge on any atom is -0.332 e. The minimum atomic E-state index is -0.327. The van der Waals surface area contributed by atoms with E-state index in [9.17, 15) is 4.79 Å². The van der Waals surface area contributed by atoms with Crippen LogP contribution >= 0.6 is 11.6 Å². The molecule has 0 aliphatic heterocycles. The van der Waals surface area contributed by atoms with Gasteiger partial charge >= 0.3 is 6.03 Å². The van der Waals surface area contributed by atoms with Crippen LogP contribution < -0.4 is 10.6 Å². The largest absolute Gasteiger partial charge is 0.332 e. The van der Waals surface area contributed by atoms with Gasteiger partial charge < -0.3 is 10.6 Å². The Kier molecular flexibility index (Phi) is 4.77. The Morgan fingerprint density at radius 3 is 2.83 bits per heavy atom. The van der Waals surface area contributed by atoms with Gasteiger partial charge in [0.2, 0.25) is 0 Å². The van der Waals surface area contributed by atoms with E-state index in [1.54, 1.807) is 35.3 Å². The molecule has 0 aliphatic rings. The van der Waals surface area contributed by atoms with Gasteiger partial charge in [0.05, 0.1) is 28.6 Å². The van der Waals surface area contributed by atoms with E-state index in [1.807, 2.05) is 31.3 Å². The van der Waals surface area contributed by atoms with Crippen LogP contribution in [0.4, 0.5) is 10.5 Å². The lowest BCUT2D eigenvalue weighted by Crippen LogP contribution is -2.29. The second-order valence-corrected chi connectivity index (χ2v) is 5.58. The summed E-state index contributed by atoms with van der Waals surface area (Å²) in [6.45, 7) is 0.347. The first kappa shape index (κ1) is 16.0. The van der Waals surface area contributed by atoms with Gasteiger partial charge in [-0.2, -0.15) is 5.10 Å². The molecule has 6 nitrogen and oxygen atoms in total. The van der Waals surface area contributed by atoms with Crippen molar-refractivity contribution in [3.8, 4) is 11.3 Å². The molecule has 3 rings (SSSR count). The molecule has 0 saturated carbocycles. The van der Waals surface area contributed by atoms with Gasteiger partial charge in [0.25, 0.3) is 0 Å². The fraction of sp³-hybridized carbons (Fsp3) is 0.118. The monoisotopic (exact) mass is 341 g/mol. The molecule has 0 radical (unpaired) electrons. The normalized spacial score (nSPS) is 10.4. The first-order chi connectivity index (χ1) is 11.6. The molecular weight excluding hydrogens is 326 g/mol. The summed E-state index contributed by atoms with van der Waals surface area (Å²) >= 11 is 6.02. The lowest BCUT2D eigenvalue weighted by molar-refractivity contribution is 0.251. The Morgan fingerprint density at radius 2 is 2.08 bits per heavy atom. The van der Waals surface area contributed by atoms with Crippen LogP contribution in [0.5, 0.6) is 0 Å². The summed E-state index contributed by atoms with van der Waals surface area (Å²) in [4.78, 5) is 16.1. The number of halogens is 1. The Bertz CT molecular complexity index is 847. The van der Waals surface area contributed by atoms with E-state index in [0.717, 1.165) is 17.0 Å². The summed E-state index contributed by atoms with van der Waals surface area (Å²) in [6, 6.07) is 12.5. The Hall–Kier alpha value is -2.86. The number of para-hydroxylation sites is 1. The lowest BCUT2D eigenvalue weighted by atomic mass is 10.2. The number of hydrogen-bond acceptors (Lipinski definition) is 3. The Labute approximate surface area is 144 Å². The van der Waals surface area contributed by atoms with E-state index in [1.165, 1.54) is 0 Å². The summed E-state index contributed by atoms with van der Waals surface area (Å²) in [6.07, 6.45) is 3.47. The molecule has 0 saturated heterocycles. The average Bonchev–Trinajstić information content (AvgIpc) is 2.97. The number of aryl methyl sites for hydroxylation is 1. The summed E-state index contributed by atoms with van der Waals surface area (Å²) in [7, 11) is 1.84. The van der Waals surface area contributed by atoms with E-state index >= 15 is 0 Å². The fourth-order valence-corrected chi connectivity index (χ4v) is 2.41. The van der Waals surface area contributed by atoms with Crippen molar-refractivity contribution in [1.82, 2.24) is 20.1 Å². The van der Waals surface area contributed by atoms with E-state index in [2.05, 4.69) is 20.7 Å². The zero-order chi connectivity index (χ0) is 16.9. The smallest absolute Gasteiger partial charge is 0.319 e. The first-order valence-corrected chi connectivity index (χ1v) is 7.74. The highest BCUT2D eigenvalue weighted by Crippen LogP contribution is 2.20. The van der Waals surface area contributed by atoms with Crippen molar-refractivity contribution in [3.63, 3.8) is 0 Å². The maximum Gasteiger partial charge on any atom is 0.319 e. The van der Waals surface area contributed by atoms with Crippen molar-refractivity contribution in [3.05, 3.63) is 65.6 Å². The highest BCUT2D eigenvalue weighted by Gasteiger charge is 2.09. The summed E-state index contributed by atoms with van der Waals surface area (Å²) in [5, 5.41) is 10.4. The summed E-state index contributed by atoms with van der Waals surface area (Å²) in [5.41, 5.74) is 3.19. The average molecular weight is 342 g/mol. The predicted molar refractivity (Wildman–Crippen MR) is 93.7 cm³/mol. The van der Waals surface area contributed by atoms with E-state index in [0.29, 0.717) is 17.3 Å². The first-order valence-electron chi connectivity index (χ1n) is 7.36. The van der Waals surface area contributed by atoms with E-state index in [4.69, 9.17) is 11.6 Å². The number of hydrogen-bond donors (Lipinski definition) is 2. The predicted octanol–water partition coefficient (Wildman–Crippen LogP) is 3.46. The molecule has 24 heavy (non-hydrogen) atoms. The summed E-state index contributed by atoms with van der Waals surface area (Å²) < 4.78 is 1.73. The molecule has 1 aromatic carbocycles. The number of nitrogens with one attached hydrogen (secondary N) is 2. The number of pyridine rings is 1. The molecular formula is C17H16ClN5O. The van der Waals surface area contributed by atoms with Crippen LogP contribution in [0.2, 0.25) is 5.02 Å². The van der Waals surface area contributed by atoms with Gasteiger partial charge in [0, 0.05) is 25.0 Å². The van der Waals surface area contributed by atoms with Gasteiger partial charge in [-0.15, -0.1) is 0 Å². The third-order valence-electron chi connectivity index (χ3n) is 3.49. The number of benzene rings is 1. The summed E-state index contributed by atoms with van der Waals surface area (Å²) in [5.74, 6) is 0. The molecule has 0 aliphatic carbocycles. The number of nitrogens with zero attached hydrogens (tertiary/aromatic N) is 3. The fourth-order valence-electron chi connectivity index (χ4n) is 2.23. The number of aromatic nitrogens is 3. The van der Waals surface area contributed by atoms with Crippen LogP contribution in [0.1, 0.15) is 5.69 Å². The zero-order valence-electron chi connectivity index (χ0n) is 13.0. The van der Waals surface area contributed by atoms with Crippen LogP contribution in [-0.4, -0.2) is 20.8 Å². The van der Waals surface area contributed by atoms with E-state index in [-0.39, 0.29) is 6.03 Å².